The molecule has 0 spiro atoms. The van der Waals surface area contributed by atoms with Crippen LogP contribution in [0.3, 0.4) is 0 Å². The van der Waals surface area contributed by atoms with Crippen molar-refractivity contribution in [1.29, 1.82) is 0 Å². The lowest BCUT2D eigenvalue weighted by molar-refractivity contribution is -0.384. The van der Waals surface area contributed by atoms with E-state index >= 15 is 0 Å². The zero-order valence-electron chi connectivity index (χ0n) is 16.2. The van der Waals surface area contributed by atoms with E-state index in [1.807, 2.05) is 0 Å². The molecule has 0 N–H and O–H groups in total. The summed E-state index contributed by atoms with van der Waals surface area (Å²) in [5.74, 6) is 0.611. The van der Waals surface area contributed by atoms with Gasteiger partial charge in [-0.15, -0.1) is 0 Å². The predicted molar refractivity (Wildman–Crippen MR) is 104 cm³/mol. The lowest BCUT2D eigenvalue weighted by Gasteiger charge is -2.36. The van der Waals surface area contributed by atoms with Gasteiger partial charge in [-0.2, -0.15) is 13.2 Å². The molecule has 0 bridgehead atoms. The van der Waals surface area contributed by atoms with Crippen LogP contribution in [0.1, 0.15) is 11.1 Å². The summed E-state index contributed by atoms with van der Waals surface area (Å²) in [4.78, 5) is 26.3. The summed E-state index contributed by atoms with van der Waals surface area (Å²) in [6.07, 6.45) is -4.44. The molecule has 1 amide bonds. The number of anilines is 1. The fourth-order valence-corrected chi connectivity index (χ4v) is 3.34. The number of hydrogen-bond acceptors (Lipinski definition) is 5. The first kappa shape index (κ1) is 21.4. The van der Waals surface area contributed by atoms with Gasteiger partial charge in [0.15, 0.2) is 0 Å². The van der Waals surface area contributed by atoms with Crippen molar-refractivity contribution >= 4 is 17.3 Å². The molecular weight excluding hydrogens is 403 g/mol. The largest absolute Gasteiger partial charge is 0.497 e. The monoisotopic (exact) mass is 423 g/mol. The van der Waals surface area contributed by atoms with Gasteiger partial charge in [-0.25, -0.2) is 0 Å². The molecule has 0 aromatic heterocycles. The van der Waals surface area contributed by atoms with Gasteiger partial charge >= 0.3 is 6.18 Å². The lowest BCUT2D eigenvalue weighted by atomic mass is 10.1. The molecule has 1 aliphatic heterocycles. The molecule has 7 nitrogen and oxygen atoms in total. The minimum Gasteiger partial charge on any atom is -0.497 e. The van der Waals surface area contributed by atoms with Gasteiger partial charge in [-0.1, -0.05) is 12.1 Å². The summed E-state index contributed by atoms with van der Waals surface area (Å²) in [5, 5.41) is 11.3. The molecule has 10 heteroatoms. The number of ether oxygens (including phenoxy) is 1. The van der Waals surface area contributed by atoms with Crippen LogP contribution in [0.15, 0.2) is 42.5 Å². The molecule has 1 saturated heterocycles. The molecule has 0 unspecified atom stereocenters. The lowest BCUT2D eigenvalue weighted by Crippen LogP contribution is -2.49. The highest BCUT2D eigenvalue weighted by molar-refractivity contribution is 5.79. The Balaban J connectivity index is 1.66. The number of hydrogen-bond donors (Lipinski definition) is 0. The highest BCUT2D eigenvalue weighted by Gasteiger charge is 2.34. The van der Waals surface area contributed by atoms with Crippen molar-refractivity contribution in [2.75, 3.05) is 38.2 Å². The number of piperazine rings is 1. The summed E-state index contributed by atoms with van der Waals surface area (Å²) in [7, 11) is 1.56. The van der Waals surface area contributed by atoms with Gasteiger partial charge < -0.3 is 14.5 Å². The van der Waals surface area contributed by atoms with E-state index in [1.165, 1.54) is 0 Å². The highest BCUT2D eigenvalue weighted by Crippen LogP contribution is 2.36. The first-order valence-electron chi connectivity index (χ1n) is 9.20. The number of halogens is 3. The van der Waals surface area contributed by atoms with Gasteiger partial charge in [0.2, 0.25) is 5.91 Å². The molecule has 0 atom stereocenters. The first-order valence-corrected chi connectivity index (χ1v) is 9.20. The number of methoxy groups -OCH3 is 1. The van der Waals surface area contributed by atoms with Crippen LogP contribution in [0.2, 0.25) is 0 Å². The number of alkyl halides is 3. The number of rotatable bonds is 5. The van der Waals surface area contributed by atoms with Gasteiger partial charge in [-0.05, 0) is 29.8 Å². The smallest absolute Gasteiger partial charge is 0.416 e. The topological polar surface area (TPSA) is 75.9 Å². The molecule has 1 aliphatic rings. The minimum atomic E-state index is -4.66. The van der Waals surface area contributed by atoms with Crippen molar-refractivity contribution in [3.05, 3.63) is 63.7 Å². The zero-order valence-corrected chi connectivity index (χ0v) is 16.2. The van der Waals surface area contributed by atoms with Crippen LogP contribution in [0, 0.1) is 10.1 Å². The average molecular weight is 423 g/mol. The van der Waals surface area contributed by atoms with Crippen LogP contribution in [0.25, 0.3) is 0 Å². The number of amides is 1. The quantitative estimate of drug-likeness (QED) is 0.543. The molecule has 30 heavy (non-hydrogen) atoms. The third-order valence-corrected chi connectivity index (χ3v) is 4.99. The van der Waals surface area contributed by atoms with Crippen molar-refractivity contribution in [1.82, 2.24) is 4.90 Å². The molecule has 0 aliphatic carbocycles. The van der Waals surface area contributed by atoms with E-state index in [1.54, 1.807) is 41.2 Å². The van der Waals surface area contributed by atoms with Crippen molar-refractivity contribution in [2.45, 2.75) is 12.6 Å². The van der Waals surface area contributed by atoms with Crippen molar-refractivity contribution < 1.29 is 27.6 Å². The van der Waals surface area contributed by atoms with Crippen molar-refractivity contribution in [2.24, 2.45) is 0 Å². The fourth-order valence-electron chi connectivity index (χ4n) is 3.34. The minimum absolute atomic E-state index is 0.0817. The van der Waals surface area contributed by atoms with Gasteiger partial charge in [0.05, 0.1) is 24.0 Å². The third-order valence-electron chi connectivity index (χ3n) is 4.99. The second-order valence-corrected chi connectivity index (χ2v) is 6.85. The number of carbonyl (C=O) groups excluding carboxylic acids is 1. The van der Waals surface area contributed by atoms with Gasteiger partial charge in [0.1, 0.15) is 11.4 Å². The maximum atomic E-state index is 12.9. The number of nitro benzene ring substituents is 1. The van der Waals surface area contributed by atoms with Gasteiger partial charge in [0, 0.05) is 32.2 Å². The van der Waals surface area contributed by atoms with Gasteiger partial charge in [-0.3, -0.25) is 14.9 Å². The number of nitro groups is 1. The van der Waals surface area contributed by atoms with E-state index < -0.39 is 22.4 Å². The summed E-state index contributed by atoms with van der Waals surface area (Å²) in [6, 6.07) is 9.65. The summed E-state index contributed by atoms with van der Waals surface area (Å²) < 4.78 is 43.7. The summed E-state index contributed by atoms with van der Waals surface area (Å²) >= 11 is 0. The predicted octanol–water partition coefficient (Wildman–Crippen LogP) is 3.51. The number of carbonyl (C=O) groups is 1. The Hall–Kier alpha value is -3.30. The summed E-state index contributed by atoms with van der Waals surface area (Å²) in [5.41, 5.74) is -0.703. The third kappa shape index (κ3) is 4.81. The molecular formula is C20H20F3N3O4. The molecule has 1 heterocycles. The van der Waals surface area contributed by atoms with Crippen molar-refractivity contribution in [3.8, 4) is 5.75 Å². The van der Waals surface area contributed by atoms with Gasteiger partial charge in [0.25, 0.3) is 5.69 Å². The maximum Gasteiger partial charge on any atom is 0.416 e. The normalized spacial score (nSPS) is 14.5. The van der Waals surface area contributed by atoms with E-state index in [2.05, 4.69) is 0 Å². The SMILES string of the molecule is COc1ccc(CC(=O)N2CCN(c3ccc(C(F)(F)F)cc3[N+](=O)[O-])CC2)cc1. The Labute approximate surface area is 170 Å². The molecule has 1 fully saturated rings. The second kappa shape index (κ2) is 8.60. The molecule has 3 rings (SSSR count). The van der Waals surface area contributed by atoms with Crippen LogP contribution in [-0.2, 0) is 17.4 Å². The standard InChI is InChI=1S/C20H20F3N3O4/c1-30-16-5-2-14(3-6-16)12-19(27)25-10-8-24(9-11-25)17-7-4-15(20(21,22)23)13-18(17)26(28)29/h2-7,13H,8-12H2,1H3. The highest BCUT2D eigenvalue weighted by atomic mass is 19.4. The Morgan fingerprint density at radius 1 is 1.10 bits per heavy atom. The average Bonchev–Trinajstić information content (AvgIpc) is 2.73. The van der Waals surface area contributed by atoms with Crippen molar-refractivity contribution in [3.63, 3.8) is 0 Å². The summed E-state index contributed by atoms with van der Waals surface area (Å²) in [6.45, 7) is 1.24. The maximum absolute atomic E-state index is 12.9. The van der Waals surface area contributed by atoms with Crippen LogP contribution >= 0.6 is 0 Å². The molecule has 160 valence electrons. The van der Waals surface area contributed by atoms with Crippen LogP contribution < -0.4 is 9.64 Å². The molecule has 0 radical (unpaired) electrons. The number of nitrogens with zero attached hydrogens (tertiary/aromatic N) is 3. The first-order chi connectivity index (χ1) is 14.2. The van der Waals surface area contributed by atoms with E-state index in [-0.39, 0.29) is 18.0 Å². The van der Waals surface area contributed by atoms with E-state index in [0.717, 1.165) is 17.7 Å². The van der Waals surface area contributed by atoms with E-state index in [4.69, 9.17) is 4.74 Å². The fraction of sp³-hybridized carbons (Fsp3) is 0.350. The van der Waals surface area contributed by atoms with Crippen LogP contribution in [0.4, 0.5) is 24.5 Å². The second-order valence-electron chi connectivity index (χ2n) is 6.85. The Kier molecular flexibility index (Phi) is 6.14. The van der Waals surface area contributed by atoms with E-state index in [9.17, 15) is 28.1 Å². The molecule has 2 aromatic rings. The molecule has 2 aromatic carbocycles. The Bertz CT molecular complexity index is 924. The molecule has 0 saturated carbocycles. The van der Waals surface area contributed by atoms with Crippen LogP contribution in [0.5, 0.6) is 5.75 Å². The number of benzene rings is 2. The Morgan fingerprint density at radius 2 is 1.73 bits per heavy atom. The Morgan fingerprint density at radius 3 is 2.27 bits per heavy atom. The zero-order chi connectivity index (χ0) is 21.9. The van der Waals surface area contributed by atoms with E-state index in [0.29, 0.717) is 38.0 Å². The van der Waals surface area contributed by atoms with Crippen LogP contribution in [-0.4, -0.2) is 49.0 Å².